The number of hydrogen-bond acceptors (Lipinski definition) is 8. The zero-order valence-corrected chi connectivity index (χ0v) is 18.7. The van der Waals surface area contributed by atoms with Crippen LogP contribution in [0.25, 0.3) is 11.0 Å². The first-order chi connectivity index (χ1) is 16.2. The molecule has 33 heavy (non-hydrogen) atoms. The normalized spacial score (nSPS) is 16.9. The van der Waals surface area contributed by atoms with Gasteiger partial charge in [0.05, 0.1) is 31.3 Å². The molecule has 0 N–H and O–H groups in total. The SMILES string of the molecule is COc1ccc(Oc2coc3c4c(ccc3c2=O)OCN(CCCN2CCOCC2)C4)cc1. The molecule has 3 aromatic rings. The topological polar surface area (TPSA) is 73.6 Å². The average Bonchev–Trinajstić information content (AvgIpc) is 2.86. The van der Waals surface area contributed by atoms with E-state index in [0.717, 1.165) is 57.1 Å². The standard InChI is InChI=1S/C25H28N2O6/c1-29-18-3-5-19(6-4-18)33-23-16-31-25-20(24(23)28)7-8-22-21(25)15-27(17-32-22)10-2-9-26-11-13-30-14-12-26/h3-8,16H,2,9-15,17H2,1H3. The van der Waals surface area contributed by atoms with Crippen LogP contribution in [-0.2, 0) is 11.3 Å². The minimum atomic E-state index is -0.209. The molecule has 0 radical (unpaired) electrons. The first-order valence-electron chi connectivity index (χ1n) is 11.3. The molecule has 5 rings (SSSR count). The molecule has 174 valence electrons. The number of morpholine rings is 1. The molecule has 8 heteroatoms. The van der Waals surface area contributed by atoms with Gasteiger partial charge in [-0.05, 0) is 49.4 Å². The Morgan fingerprint density at radius 3 is 2.52 bits per heavy atom. The van der Waals surface area contributed by atoms with Crippen molar-refractivity contribution in [2.75, 3.05) is 53.2 Å². The molecule has 3 heterocycles. The van der Waals surface area contributed by atoms with E-state index >= 15 is 0 Å². The minimum Gasteiger partial charge on any atom is -0.497 e. The summed E-state index contributed by atoms with van der Waals surface area (Å²) in [5.41, 5.74) is 1.25. The van der Waals surface area contributed by atoms with E-state index < -0.39 is 0 Å². The highest BCUT2D eigenvalue weighted by Gasteiger charge is 2.23. The van der Waals surface area contributed by atoms with Crippen LogP contribution in [0, 0.1) is 0 Å². The maximum atomic E-state index is 13.1. The lowest BCUT2D eigenvalue weighted by atomic mass is 10.1. The maximum absolute atomic E-state index is 13.1. The first kappa shape index (κ1) is 21.8. The first-order valence-corrected chi connectivity index (χ1v) is 11.3. The third-order valence-corrected chi connectivity index (χ3v) is 6.09. The molecule has 1 fully saturated rings. The van der Waals surface area contributed by atoms with E-state index in [2.05, 4.69) is 9.80 Å². The molecule has 0 saturated carbocycles. The fourth-order valence-corrected chi connectivity index (χ4v) is 4.26. The number of methoxy groups -OCH3 is 1. The molecule has 1 aromatic heterocycles. The summed E-state index contributed by atoms with van der Waals surface area (Å²) in [5.74, 6) is 2.16. The molecule has 0 spiro atoms. The Labute approximate surface area is 192 Å². The number of rotatable bonds is 7. The summed E-state index contributed by atoms with van der Waals surface area (Å²) in [6.07, 6.45) is 2.43. The van der Waals surface area contributed by atoms with Crippen LogP contribution in [0.2, 0.25) is 0 Å². The Balaban J connectivity index is 1.30. The molecule has 2 aliphatic rings. The third kappa shape index (κ3) is 4.83. The van der Waals surface area contributed by atoms with Crippen LogP contribution < -0.4 is 19.6 Å². The maximum Gasteiger partial charge on any atom is 0.235 e. The highest BCUT2D eigenvalue weighted by atomic mass is 16.5. The van der Waals surface area contributed by atoms with Crippen molar-refractivity contribution in [3.63, 3.8) is 0 Å². The van der Waals surface area contributed by atoms with Crippen molar-refractivity contribution in [1.29, 1.82) is 0 Å². The van der Waals surface area contributed by atoms with Crippen molar-refractivity contribution >= 4 is 11.0 Å². The average molecular weight is 453 g/mol. The van der Waals surface area contributed by atoms with Gasteiger partial charge in [-0.25, -0.2) is 0 Å². The van der Waals surface area contributed by atoms with Crippen LogP contribution in [-0.4, -0.2) is 63.0 Å². The van der Waals surface area contributed by atoms with Gasteiger partial charge in [-0.3, -0.25) is 14.6 Å². The van der Waals surface area contributed by atoms with Gasteiger partial charge in [0.2, 0.25) is 11.2 Å². The summed E-state index contributed by atoms with van der Waals surface area (Å²) in [7, 11) is 1.60. The quantitative estimate of drug-likeness (QED) is 0.540. The Morgan fingerprint density at radius 2 is 1.73 bits per heavy atom. The van der Waals surface area contributed by atoms with Gasteiger partial charge in [0.25, 0.3) is 0 Å². The third-order valence-electron chi connectivity index (χ3n) is 6.09. The monoisotopic (exact) mass is 452 g/mol. The second-order valence-electron chi connectivity index (χ2n) is 8.26. The summed E-state index contributed by atoms with van der Waals surface area (Å²) in [4.78, 5) is 17.8. The highest BCUT2D eigenvalue weighted by molar-refractivity contribution is 5.83. The molecule has 0 bridgehead atoms. The van der Waals surface area contributed by atoms with Crippen molar-refractivity contribution in [1.82, 2.24) is 9.80 Å². The lowest BCUT2D eigenvalue weighted by molar-refractivity contribution is 0.0330. The van der Waals surface area contributed by atoms with Gasteiger partial charge in [0, 0.05) is 26.2 Å². The van der Waals surface area contributed by atoms with Crippen LogP contribution in [0.4, 0.5) is 0 Å². The van der Waals surface area contributed by atoms with Crippen molar-refractivity contribution in [3.05, 3.63) is 58.4 Å². The van der Waals surface area contributed by atoms with Crippen LogP contribution in [0.15, 0.2) is 51.9 Å². The van der Waals surface area contributed by atoms with Crippen molar-refractivity contribution in [2.24, 2.45) is 0 Å². The summed E-state index contributed by atoms with van der Waals surface area (Å²) >= 11 is 0. The number of fused-ring (bicyclic) bond motifs is 3. The molecule has 0 atom stereocenters. The Hall–Kier alpha value is -3.07. The largest absolute Gasteiger partial charge is 0.497 e. The van der Waals surface area contributed by atoms with E-state index in [1.807, 2.05) is 6.07 Å². The van der Waals surface area contributed by atoms with Crippen molar-refractivity contribution in [2.45, 2.75) is 13.0 Å². The number of hydrogen-bond donors (Lipinski definition) is 0. The second kappa shape index (κ2) is 9.82. The number of nitrogens with zero attached hydrogens (tertiary/aromatic N) is 2. The molecule has 2 aromatic carbocycles. The molecule has 1 saturated heterocycles. The van der Waals surface area contributed by atoms with Gasteiger partial charge < -0.3 is 23.4 Å². The Bertz CT molecular complexity index is 1150. The fraction of sp³-hybridized carbons (Fsp3) is 0.400. The van der Waals surface area contributed by atoms with Crippen LogP contribution >= 0.6 is 0 Å². The van der Waals surface area contributed by atoms with E-state index in [4.69, 9.17) is 23.4 Å². The van der Waals surface area contributed by atoms with Gasteiger partial charge in [0.15, 0.2) is 0 Å². The Morgan fingerprint density at radius 1 is 0.970 bits per heavy atom. The van der Waals surface area contributed by atoms with E-state index in [1.54, 1.807) is 37.4 Å². The summed E-state index contributed by atoms with van der Waals surface area (Å²) in [5, 5.41) is 0.485. The van der Waals surface area contributed by atoms with E-state index in [0.29, 0.717) is 35.7 Å². The lowest BCUT2D eigenvalue weighted by Gasteiger charge is -2.31. The molecular weight excluding hydrogens is 424 g/mol. The Kier molecular flexibility index (Phi) is 6.48. The van der Waals surface area contributed by atoms with Gasteiger partial charge in [-0.2, -0.15) is 0 Å². The van der Waals surface area contributed by atoms with Crippen molar-refractivity contribution in [3.8, 4) is 23.0 Å². The minimum absolute atomic E-state index is 0.145. The fourth-order valence-electron chi connectivity index (χ4n) is 4.26. The number of benzene rings is 2. The van der Waals surface area contributed by atoms with Crippen LogP contribution in [0.5, 0.6) is 23.0 Å². The van der Waals surface area contributed by atoms with Gasteiger partial charge >= 0.3 is 0 Å². The van der Waals surface area contributed by atoms with Crippen LogP contribution in [0.1, 0.15) is 12.0 Å². The molecule has 0 amide bonds. The molecule has 8 nitrogen and oxygen atoms in total. The highest BCUT2D eigenvalue weighted by Crippen LogP contribution is 2.33. The van der Waals surface area contributed by atoms with Crippen molar-refractivity contribution < 1.29 is 23.4 Å². The second-order valence-corrected chi connectivity index (χ2v) is 8.26. The summed E-state index contributed by atoms with van der Waals surface area (Å²) < 4.78 is 28.2. The zero-order chi connectivity index (χ0) is 22.6. The molecule has 0 aliphatic carbocycles. The van der Waals surface area contributed by atoms with Gasteiger partial charge in [-0.15, -0.1) is 0 Å². The predicted molar refractivity (Wildman–Crippen MR) is 123 cm³/mol. The molecular formula is C25H28N2O6. The number of ether oxygens (including phenoxy) is 4. The molecule has 2 aliphatic heterocycles. The zero-order valence-electron chi connectivity index (χ0n) is 18.7. The smallest absolute Gasteiger partial charge is 0.235 e. The van der Waals surface area contributed by atoms with Gasteiger partial charge in [-0.1, -0.05) is 0 Å². The summed E-state index contributed by atoms with van der Waals surface area (Å²) in [6, 6.07) is 10.6. The van der Waals surface area contributed by atoms with E-state index in [9.17, 15) is 4.79 Å². The van der Waals surface area contributed by atoms with Crippen LogP contribution in [0.3, 0.4) is 0 Å². The van der Waals surface area contributed by atoms with E-state index in [1.165, 1.54) is 6.26 Å². The predicted octanol–water partition coefficient (Wildman–Crippen LogP) is 3.47. The van der Waals surface area contributed by atoms with Gasteiger partial charge in [0.1, 0.15) is 35.8 Å². The summed E-state index contributed by atoms with van der Waals surface area (Å²) in [6.45, 7) is 6.79. The van der Waals surface area contributed by atoms with E-state index in [-0.39, 0.29) is 11.2 Å². The lowest BCUT2D eigenvalue weighted by Crippen LogP contribution is -2.39. The molecule has 0 unspecified atom stereocenters.